The van der Waals surface area contributed by atoms with Crippen molar-refractivity contribution in [2.24, 2.45) is 0 Å². The maximum absolute atomic E-state index is 11.7. The van der Waals surface area contributed by atoms with Gasteiger partial charge in [-0.2, -0.15) is 0 Å². The van der Waals surface area contributed by atoms with E-state index >= 15 is 0 Å². The first kappa shape index (κ1) is 15.1. The van der Waals surface area contributed by atoms with Crippen molar-refractivity contribution in [2.45, 2.75) is 39.7 Å². The number of hydrogen-bond acceptors (Lipinski definition) is 5. The molecule has 19 heavy (non-hydrogen) atoms. The zero-order valence-corrected chi connectivity index (χ0v) is 11.6. The van der Waals surface area contributed by atoms with Crippen LogP contribution in [0.5, 0.6) is 0 Å². The van der Waals surface area contributed by atoms with Crippen molar-refractivity contribution in [2.75, 3.05) is 13.7 Å². The lowest BCUT2D eigenvalue weighted by Gasteiger charge is -2.07. The Labute approximate surface area is 112 Å². The van der Waals surface area contributed by atoms with Gasteiger partial charge in [0.05, 0.1) is 12.8 Å². The van der Waals surface area contributed by atoms with E-state index in [0.717, 1.165) is 12.8 Å². The minimum atomic E-state index is -0.524. The first-order chi connectivity index (χ1) is 9.13. The number of hydrogen-bond donors (Lipinski definition) is 1. The molecule has 0 atom stereocenters. The number of nitrogens with zero attached hydrogens (tertiary/aromatic N) is 3. The standard InChI is InChI=1S/C12H20N4O3/c1-4-6-9-11(12(18)19-3)14-15-16(9)8-10(17)13-7-5-2/h4-8H2,1-3H3,(H,13,17). The van der Waals surface area contributed by atoms with Crippen LogP contribution < -0.4 is 5.32 Å². The molecule has 0 saturated carbocycles. The second-order valence-corrected chi connectivity index (χ2v) is 4.13. The van der Waals surface area contributed by atoms with E-state index in [-0.39, 0.29) is 18.1 Å². The molecule has 0 bridgehead atoms. The average molecular weight is 268 g/mol. The Bertz CT molecular complexity index is 442. The second-order valence-electron chi connectivity index (χ2n) is 4.13. The maximum atomic E-state index is 11.7. The van der Waals surface area contributed by atoms with Gasteiger partial charge in [0.25, 0.3) is 0 Å². The van der Waals surface area contributed by atoms with Crippen LogP contribution in [0, 0.1) is 0 Å². The van der Waals surface area contributed by atoms with Gasteiger partial charge in [-0.05, 0) is 12.8 Å². The fourth-order valence-corrected chi connectivity index (χ4v) is 1.66. The van der Waals surface area contributed by atoms with Gasteiger partial charge in [0.1, 0.15) is 6.54 Å². The van der Waals surface area contributed by atoms with Crippen molar-refractivity contribution in [1.82, 2.24) is 20.3 Å². The number of methoxy groups -OCH3 is 1. The van der Waals surface area contributed by atoms with Crippen molar-refractivity contribution in [3.8, 4) is 0 Å². The number of amides is 1. The lowest BCUT2D eigenvalue weighted by Crippen LogP contribution is -2.29. The third-order valence-electron chi connectivity index (χ3n) is 2.57. The molecular weight excluding hydrogens is 248 g/mol. The van der Waals surface area contributed by atoms with Crippen molar-refractivity contribution in [1.29, 1.82) is 0 Å². The molecule has 7 nitrogen and oxygen atoms in total. The highest BCUT2D eigenvalue weighted by Gasteiger charge is 2.20. The van der Waals surface area contributed by atoms with Crippen LogP contribution in [0.1, 0.15) is 42.9 Å². The number of aromatic nitrogens is 3. The molecule has 1 heterocycles. The number of nitrogens with one attached hydrogen (secondary N) is 1. The van der Waals surface area contributed by atoms with Crippen LogP contribution in [0.4, 0.5) is 0 Å². The predicted octanol–water partition coefficient (Wildman–Crippen LogP) is 0.543. The van der Waals surface area contributed by atoms with Gasteiger partial charge >= 0.3 is 5.97 Å². The first-order valence-corrected chi connectivity index (χ1v) is 6.41. The first-order valence-electron chi connectivity index (χ1n) is 6.41. The number of rotatable bonds is 7. The van der Waals surface area contributed by atoms with Gasteiger partial charge in [0, 0.05) is 6.54 Å². The molecule has 0 aliphatic carbocycles. The van der Waals surface area contributed by atoms with Gasteiger partial charge in [-0.15, -0.1) is 5.10 Å². The predicted molar refractivity (Wildman–Crippen MR) is 68.7 cm³/mol. The lowest BCUT2D eigenvalue weighted by atomic mass is 10.2. The molecule has 1 N–H and O–H groups in total. The van der Waals surface area contributed by atoms with Gasteiger partial charge in [0.2, 0.25) is 5.91 Å². The van der Waals surface area contributed by atoms with E-state index in [4.69, 9.17) is 0 Å². The highest BCUT2D eigenvalue weighted by Crippen LogP contribution is 2.09. The summed E-state index contributed by atoms with van der Waals surface area (Å²) in [4.78, 5) is 23.2. The Morgan fingerprint density at radius 3 is 2.63 bits per heavy atom. The summed E-state index contributed by atoms with van der Waals surface area (Å²) in [5.74, 6) is -0.663. The van der Waals surface area contributed by atoms with Crippen molar-refractivity contribution < 1.29 is 14.3 Å². The van der Waals surface area contributed by atoms with E-state index in [2.05, 4.69) is 20.4 Å². The van der Waals surface area contributed by atoms with E-state index in [9.17, 15) is 9.59 Å². The molecule has 1 amide bonds. The Balaban J connectivity index is 2.85. The summed E-state index contributed by atoms with van der Waals surface area (Å²) in [6, 6.07) is 0. The van der Waals surface area contributed by atoms with Gasteiger partial charge in [-0.1, -0.05) is 25.5 Å². The molecule has 106 valence electrons. The number of carbonyl (C=O) groups is 2. The Kier molecular flexibility index (Phi) is 5.98. The minimum absolute atomic E-state index is 0.0688. The largest absolute Gasteiger partial charge is 0.464 e. The third kappa shape index (κ3) is 4.04. The van der Waals surface area contributed by atoms with E-state index in [1.54, 1.807) is 0 Å². The number of carbonyl (C=O) groups excluding carboxylic acids is 2. The molecule has 7 heteroatoms. The highest BCUT2D eigenvalue weighted by atomic mass is 16.5. The van der Waals surface area contributed by atoms with E-state index in [0.29, 0.717) is 18.7 Å². The zero-order chi connectivity index (χ0) is 14.3. The van der Waals surface area contributed by atoms with Crippen LogP contribution in [-0.4, -0.2) is 40.5 Å². The van der Waals surface area contributed by atoms with Crippen molar-refractivity contribution >= 4 is 11.9 Å². The van der Waals surface area contributed by atoms with Crippen LogP contribution in [0.2, 0.25) is 0 Å². The summed E-state index contributed by atoms with van der Waals surface area (Å²) in [6.07, 6.45) is 2.32. The van der Waals surface area contributed by atoms with Crippen LogP contribution in [0.15, 0.2) is 0 Å². The minimum Gasteiger partial charge on any atom is -0.464 e. The number of esters is 1. The molecule has 0 aromatic carbocycles. The Hall–Kier alpha value is -1.92. The SMILES string of the molecule is CCCNC(=O)Cn1nnc(C(=O)OC)c1CCC. The second kappa shape index (κ2) is 7.50. The zero-order valence-electron chi connectivity index (χ0n) is 11.6. The van der Waals surface area contributed by atoms with Crippen molar-refractivity contribution in [3.05, 3.63) is 11.4 Å². The topological polar surface area (TPSA) is 86.1 Å². The lowest BCUT2D eigenvalue weighted by molar-refractivity contribution is -0.121. The van der Waals surface area contributed by atoms with E-state index in [1.807, 2.05) is 13.8 Å². The van der Waals surface area contributed by atoms with Crippen LogP contribution in [0.3, 0.4) is 0 Å². The maximum Gasteiger partial charge on any atom is 0.360 e. The van der Waals surface area contributed by atoms with Gasteiger partial charge < -0.3 is 10.1 Å². The summed E-state index contributed by atoms with van der Waals surface area (Å²) >= 11 is 0. The molecular formula is C12H20N4O3. The summed E-state index contributed by atoms with van der Waals surface area (Å²) in [6.45, 7) is 4.66. The smallest absolute Gasteiger partial charge is 0.360 e. The van der Waals surface area contributed by atoms with Crippen LogP contribution in [-0.2, 0) is 22.5 Å². The van der Waals surface area contributed by atoms with Gasteiger partial charge in [-0.25, -0.2) is 9.48 Å². The highest BCUT2D eigenvalue weighted by molar-refractivity contribution is 5.88. The molecule has 1 aromatic heterocycles. The molecule has 1 aromatic rings. The molecule has 1 rings (SSSR count). The average Bonchev–Trinajstić information content (AvgIpc) is 2.79. The Morgan fingerprint density at radius 2 is 2.05 bits per heavy atom. The Morgan fingerprint density at radius 1 is 1.32 bits per heavy atom. The van der Waals surface area contributed by atoms with Gasteiger partial charge in [0.15, 0.2) is 5.69 Å². The van der Waals surface area contributed by atoms with Crippen molar-refractivity contribution in [3.63, 3.8) is 0 Å². The van der Waals surface area contributed by atoms with E-state index < -0.39 is 5.97 Å². The molecule has 0 aliphatic rings. The summed E-state index contributed by atoms with van der Waals surface area (Å²) in [5.41, 5.74) is 0.827. The third-order valence-corrected chi connectivity index (χ3v) is 2.57. The van der Waals surface area contributed by atoms with E-state index in [1.165, 1.54) is 11.8 Å². The fraction of sp³-hybridized carbons (Fsp3) is 0.667. The summed E-state index contributed by atoms with van der Waals surface area (Å²) < 4.78 is 6.11. The summed E-state index contributed by atoms with van der Waals surface area (Å²) in [7, 11) is 1.30. The molecule has 0 unspecified atom stereocenters. The molecule has 0 radical (unpaired) electrons. The monoisotopic (exact) mass is 268 g/mol. The molecule has 0 spiro atoms. The fourth-order valence-electron chi connectivity index (χ4n) is 1.66. The molecule has 0 saturated heterocycles. The van der Waals surface area contributed by atoms with Gasteiger partial charge in [-0.3, -0.25) is 4.79 Å². The van der Waals surface area contributed by atoms with Crippen LogP contribution in [0.25, 0.3) is 0 Å². The summed E-state index contributed by atoms with van der Waals surface area (Å²) in [5, 5.41) is 10.4. The quantitative estimate of drug-likeness (QED) is 0.729. The normalized spacial score (nSPS) is 10.3. The number of ether oxygens (including phenoxy) is 1. The van der Waals surface area contributed by atoms with Crippen LogP contribution >= 0.6 is 0 Å². The molecule has 0 fully saturated rings. The molecule has 0 aliphatic heterocycles.